The monoisotopic (exact) mass is 343 g/mol. The van der Waals surface area contributed by atoms with Crippen LogP contribution in [0.2, 0.25) is 0 Å². The van der Waals surface area contributed by atoms with Crippen LogP contribution in [0.5, 0.6) is 0 Å². The number of likely N-dealkylation sites (N-methyl/N-ethyl adjacent to an activating group) is 1. The van der Waals surface area contributed by atoms with Crippen molar-refractivity contribution in [3.63, 3.8) is 0 Å². The highest BCUT2D eigenvalue weighted by atomic mass is 19.2. The normalized spacial score (nSPS) is 10.8. The second-order valence-electron chi connectivity index (χ2n) is 5.40. The van der Waals surface area contributed by atoms with Crippen molar-refractivity contribution < 1.29 is 26.7 Å². The molecular weight excluding hydrogens is 329 g/mol. The van der Waals surface area contributed by atoms with E-state index in [1.165, 1.54) is 7.05 Å². The van der Waals surface area contributed by atoms with Gasteiger partial charge < -0.3 is 4.90 Å². The Kier molecular flexibility index (Phi) is 4.91. The molecule has 2 aromatic carbocycles. The van der Waals surface area contributed by atoms with E-state index in [0.717, 1.165) is 16.0 Å². The molecule has 0 heterocycles. The van der Waals surface area contributed by atoms with Crippen molar-refractivity contribution >= 4 is 11.6 Å². The van der Waals surface area contributed by atoms with E-state index in [4.69, 9.17) is 0 Å². The van der Waals surface area contributed by atoms with Gasteiger partial charge in [-0.25, -0.2) is 22.0 Å². The average molecular weight is 343 g/mol. The maximum absolute atomic E-state index is 13.7. The minimum absolute atomic E-state index is 0.490. The number of rotatable bonds is 3. The number of halogens is 5. The first-order chi connectivity index (χ1) is 11.2. The first-order valence-corrected chi connectivity index (χ1v) is 6.99. The van der Waals surface area contributed by atoms with Gasteiger partial charge in [-0.3, -0.25) is 4.79 Å². The fourth-order valence-electron chi connectivity index (χ4n) is 2.31. The molecule has 0 spiro atoms. The Balaban J connectivity index is 2.39. The summed E-state index contributed by atoms with van der Waals surface area (Å²) in [5, 5.41) is 0. The van der Waals surface area contributed by atoms with Crippen LogP contribution in [0.25, 0.3) is 0 Å². The van der Waals surface area contributed by atoms with Crippen LogP contribution in [0.4, 0.5) is 27.6 Å². The minimum atomic E-state index is -2.25. The molecule has 0 N–H and O–H groups in total. The quantitative estimate of drug-likeness (QED) is 0.465. The third-order valence-electron chi connectivity index (χ3n) is 3.94. The van der Waals surface area contributed by atoms with Crippen molar-refractivity contribution in [2.75, 3.05) is 11.9 Å². The second-order valence-corrected chi connectivity index (χ2v) is 5.40. The predicted octanol–water partition coefficient (Wildman–Crippen LogP) is 4.20. The van der Waals surface area contributed by atoms with Crippen molar-refractivity contribution in [3.8, 4) is 0 Å². The summed E-state index contributed by atoms with van der Waals surface area (Å²) in [6.07, 6.45) is -0.949. The van der Waals surface area contributed by atoms with Crippen molar-refractivity contribution in [3.05, 3.63) is 64.0 Å². The number of carbonyl (C=O) groups excluding carboxylic acids is 1. The number of benzene rings is 2. The summed E-state index contributed by atoms with van der Waals surface area (Å²) in [6, 6.07) is 5.14. The molecule has 0 saturated heterocycles. The van der Waals surface area contributed by atoms with Gasteiger partial charge in [0.2, 0.25) is 11.7 Å². The van der Waals surface area contributed by atoms with Crippen LogP contribution < -0.4 is 4.90 Å². The molecule has 0 aliphatic carbocycles. The van der Waals surface area contributed by atoms with Gasteiger partial charge >= 0.3 is 0 Å². The van der Waals surface area contributed by atoms with Crippen LogP contribution in [0.3, 0.4) is 0 Å². The lowest BCUT2D eigenvalue weighted by Gasteiger charge is -2.21. The minimum Gasteiger partial charge on any atom is -0.315 e. The summed E-state index contributed by atoms with van der Waals surface area (Å²) >= 11 is 0. The van der Waals surface area contributed by atoms with Crippen molar-refractivity contribution in [1.29, 1.82) is 0 Å². The fraction of sp³-hybridized carbons (Fsp3) is 0.235. The lowest BCUT2D eigenvalue weighted by molar-refractivity contribution is -0.117. The summed E-state index contributed by atoms with van der Waals surface area (Å²) in [4.78, 5) is 13.4. The third-order valence-corrected chi connectivity index (χ3v) is 3.94. The Morgan fingerprint density at radius 1 is 0.917 bits per heavy atom. The molecule has 2 aromatic rings. The van der Waals surface area contributed by atoms with Crippen LogP contribution in [0.1, 0.15) is 16.7 Å². The zero-order chi connectivity index (χ0) is 18.2. The molecule has 128 valence electrons. The number of nitrogens with zero attached hydrogens (tertiary/aromatic N) is 1. The summed E-state index contributed by atoms with van der Waals surface area (Å²) in [7, 11) is 1.37. The van der Waals surface area contributed by atoms with E-state index in [2.05, 4.69) is 0 Å². The van der Waals surface area contributed by atoms with Gasteiger partial charge in [-0.1, -0.05) is 12.1 Å². The van der Waals surface area contributed by atoms with Gasteiger partial charge in [-0.05, 0) is 31.0 Å². The number of hydrogen-bond acceptors (Lipinski definition) is 1. The zero-order valence-corrected chi connectivity index (χ0v) is 13.2. The van der Waals surface area contributed by atoms with E-state index < -0.39 is 47.0 Å². The molecule has 2 rings (SSSR count). The van der Waals surface area contributed by atoms with Gasteiger partial charge in [0, 0.05) is 18.3 Å². The molecule has 0 aliphatic rings. The Morgan fingerprint density at radius 3 is 1.96 bits per heavy atom. The molecule has 7 heteroatoms. The highest BCUT2D eigenvalue weighted by molar-refractivity contribution is 5.95. The summed E-state index contributed by atoms with van der Waals surface area (Å²) in [6.45, 7) is 3.58. The topological polar surface area (TPSA) is 20.3 Å². The largest absolute Gasteiger partial charge is 0.315 e. The van der Waals surface area contributed by atoms with Gasteiger partial charge in [0.25, 0.3) is 0 Å². The van der Waals surface area contributed by atoms with Crippen LogP contribution in [-0.4, -0.2) is 13.0 Å². The van der Waals surface area contributed by atoms with E-state index in [1.54, 1.807) is 19.1 Å². The molecule has 0 aliphatic heterocycles. The summed E-state index contributed by atoms with van der Waals surface area (Å²) in [5.74, 6) is -11.2. The molecule has 24 heavy (non-hydrogen) atoms. The number of aryl methyl sites for hydroxylation is 1. The van der Waals surface area contributed by atoms with E-state index >= 15 is 0 Å². The lowest BCUT2D eigenvalue weighted by Crippen LogP contribution is -2.29. The van der Waals surface area contributed by atoms with Crippen LogP contribution in [0.15, 0.2) is 18.2 Å². The second kappa shape index (κ2) is 6.59. The highest BCUT2D eigenvalue weighted by Crippen LogP contribution is 2.26. The van der Waals surface area contributed by atoms with E-state index in [0.29, 0.717) is 5.69 Å². The van der Waals surface area contributed by atoms with Crippen LogP contribution >= 0.6 is 0 Å². The molecule has 0 bridgehead atoms. The molecule has 0 aromatic heterocycles. The maximum atomic E-state index is 13.7. The smallest absolute Gasteiger partial charge is 0.231 e. The Labute approximate surface area is 135 Å². The van der Waals surface area contributed by atoms with Crippen LogP contribution in [-0.2, 0) is 11.2 Å². The predicted molar refractivity (Wildman–Crippen MR) is 79.3 cm³/mol. The number of hydrogen-bond donors (Lipinski definition) is 0. The van der Waals surface area contributed by atoms with E-state index in [-0.39, 0.29) is 0 Å². The van der Waals surface area contributed by atoms with Gasteiger partial charge in [0.15, 0.2) is 23.3 Å². The SMILES string of the molecule is Cc1cccc(N(C)C(=O)Cc2c(F)c(F)c(F)c(F)c2F)c1C. The van der Waals surface area contributed by atoms with Gasteiger partial charge in [-0.2, -0.15) is 0 Å². The lowest BCUT2D eigenvalue weighted by atomic mass is 10.1. The first-order valence-electron chi connectivity index (χ1n) is 6.99. The third kappa shape index (κ3) is 2.98. The van der Waals surface area contributed by atoms with Gasteiger partial charge in [0.1, 0.15) is 0 Å². The standard InChI is InChI=1S/C17H14F5NO/c1-8-5-4-6-11(9(8)2)23(3)12(24)7-10-13(18)15(20)17(22)16(21)14(10)19/h4-6H,7H2,1-3H3. The van der Waals surface area contributed by atoms with Gasteiger partial charge in [-0.15, -0.1) is 0 Å². The summed E-state index contributed by atoms with van der Waals surface area (Å²) in [5.41, 5.74) is 1.01. The highest BCUT2D eigenvalue weighted by Gasteiger charge is 2.28. The zero-order valence-electron chi connectivity index (χ0n) is 13.2. The Morgan fingerprint density at radius 2 is 1.42 bits per heavy atom. The van der Waals surface area contributed by atoms with E-state index in [9.17, 15) is 26.7 Å². The molecule has 0 radical (unpaired) electrons. The number of amides is 1. The molecule has 0 unspecified atom stereocenters. The van der Waals surface area contributed by atoms with Crippen molar-refractivity contribution in [2.24, 2.45) is 0 Å². The van der Waals surface area contributed by atoms with E-state index in [1.807, 2.05) is 13.0 Å². The van der Waals surface area contributed by atoms with Crippen LogP contribution in [0, 0.1) is 42.9 Å². The Bertz CT molecular complexity index is 790. The summed E-state index contributed by atoms with van der Waals surface area (Å²) < 4.78 is 66.8. The molecule has 2 nitrogen and oxygen atoms in total. The van der Waals surface area contributed by atoms with Gasteiger partial charge in [0.05, 0.1) is 6.42 Å². The molecule has 0 saturated carbocycles. The number of anilines is 1. The molecule has 0 fully saturated rings. The van der Waals surface area contributed by atoms with Crippen molar-refractivity contribution in [1.82, 2.24) is 0 Å². The molecule has 1 amide bonds. The first kappa shape index (κ1) is 17.9. The Hall–Kier alpha value is -2.44. The van der Waals surface area contributed by atoms with Crippen molar-refractivity contribution in [2.45, 2.75) is 20.3 Å². The molecular formula is C17H14F5NO. The number of carbonyl (C=O) groups is 1. The fourth-order valence-corrected chi connectivity index (χ4v) is 2.31. The average Bonchev–Trinajstić information content (AvgIpc) is 2.56. The maximum Gasteiger partial charge on any atom is 0.231 e. The molecule has 0 atom stereocenters.